The number of hydrogen-bond donors (Lipinski definition) is 0. The molecule has 0 aromatic heterocycles. The molecule has 3 unspecified atom stereocenters. The Morgan fingerprint density at radius 1 is 1.00 bits per heavy atom. The van der Waals surface area contributed by atoms with E-state index in [-0.39, 0.29) is 0 Å². The largest absolute Gasteiger partial charge is 0.0623 e. The second kappa shape index (κ2) is 4.61. The standard InChI is InChI=1S/C16H24/c1-11-5-8-16(14(4)9-11)15-7-6-12(2)13(3)10-15/h5,8-9,12-13,15H,6-7,10H2,1-4H3. The van der Waals surface area contributed by atoms with Crippen molar-refractivity contribution in [3.05, 3.63) is 34.9 Å². The molecule has 0 bridgehead atoms. The first-order valence-electron chi connectivity index (χ1n) is 6.65. The molecule has 0 saturated heterocycles. The minimum absolute atomic E-state index is 0.812. The van der Waals surface area contributed by atoms with Crippen molar-refractivity contribution in [1.82, 2.24) is 0 Å². The third-order valence-electron chi connectivity index (χ3n) is 4.46. The summed E-state index contributed by atoms with van der Waals surface area (Å²) in [4.78, 5) is 0. The second-order valence-electron chi connectivity index (χ2n) is 5.82. The van der Waals surface area contributed by atoms with Gasteiger partial charge in [0.1, 0.15) is 0 Å². The molecule has 0 spiro atoms. The number of benzene rings is 1. The highest BCUT2D eigenvalue weighted by Crippen LogP contribution is 2.40. The van der Waals surface area contributed by atoms with E-state index in [1.807, 2.05) is 0 Å². The van der Waals surface area contributed by atoms with Crippen LogP contribution in [0, 0.1) is 25.7 Å². The number of hydrogen-bond acceptors (Lipinski definition) is 0. The van der Waals surface area contributed by atoms with Crippen LogP contribution < -0.4 is 0 Å². The third kappa shape index (κ3) is 2.31. The molecule has 16 heavy (non-hydrogen) atoms. The average Bonchev–Trinajstić information content (AvgIpc) is 2.22. The molecule has 1 aromatic rings. The van der Waals surface area contributed by atoms with Gasteiger partial charge in [-0.25, -0.2) is 0 Å². The lowest BCUT2D eigenvalue weighted by Crippen LogP contribution is -2.20. The summed E-state index contributed by atoms with van der Waals surface area (Å²) >= 11 is 0. The maximum atomic E-state index is 2.42. The lowest BCUT2D eigenvalue weighted by atomic mass is 9.72. The number of aryl methyl sites for hydroxylation is 2. The summed E-state index contributed by atoms with van der Waals surface area (Å²) < 4.78 is 0. The van der Waals surface area contributed by atoms with Crippen molar-refractivity contribution in [2.24, 2.45) is 11.8 Å². The summed E-state index contributed by atoms with van der Waals surface area (Å²) in [7, 11) is 0. The van der Waals surface area contributed by atoms with E-state index >= 15 is 0 Å². The Kier molecular flexibility index (Phi) is 3.37. The zero-order valence-corrected chi connectivity index (χ0v) is 11.1. The lowest BCUT2D eigenvalue weighted by Gasteiger charge is -2.33. The quantitative estimate of drug-likeness (QED) is 0.630. The predicted octanol–water partition coefficient (Wildman–Crippen LogP) is 4.84. The molecule has 0 N–H and O–H groups in total. The van der Waals surface area contributed by atoms with Crippen LogP contribution in [0.2, 0.25) is 0 Å². The van der Waals surface area contributed by atoms with Gasteiger partial charge in [0.2, 0.25) is 0 Å². The third-order valence-corrected chi connectivity index (χ3v) is 4.46. The fourth-order valence-electron chi connectivity index (χ4n) is 3.11. The molecule has 1 aromatic carbocycles. The van der Waals surface area contributed by atoms with Gasteiger partial charge in [-0.3, -0.25) is 0 Å². The van der Waals surface area contributed by atoms with Gasteiger partial charge in [-0.15, -0.1) is 0 Å². The van der Waals surface area contributed by atoms with E-state index < -0.39 is 0 Å². The zero-order valence-electron chi connectivity index (χ0n) is 11.1. The van der Waals surface area contributed by atoms with Crippen molar-refractivity contribution in [2.75, 3.05) is 0 Å². The van der Waals surface area contributed by atoms with Crippen LogP contribution >= 0.6 is 0 Å². The second-order valence-corrected chi connectivity index (χ2v) is 5.82. The van der Waals surface area contributed by atoms with Gasteiger partial charge in [-0.2, -0.15) is 0 Å². The summed E-state index contributed by atoms with van der Waals surface area (Å²) in [5.41, 5.74) is 4.48. The molecule has 3 atom stereocenters. The van der Waals surface area contributed by atoms with Crippen LogP contribution in [0.15, 0.2) is 18.2 Å². The van der Waals surface area contributed by atoms with Crippen molar-refractivity contribution < 1.29 is 0 Å². The Labute approximate surface area is 100 Å². The first-order chi connectivity index (χ1) is 7.58. The van der Waals surface area contributed by atoms with Crippen molar-refractivity contribution in [3.63, 3.8) is 0 Å². The SMILES string of the molecule is Cc1ccc(C2CCC(C)C(C)C2)c(C)c1. The Morgan fingerprint density at radius 3 is 2.38 bits per heavy atom. The molecule has 0 heteroatoms. The van der Waals surface area contributed by atoms with E-state index in [2.05, 4.69) is 45.9 Å². The summed E-state index contributed by atoms with van der Waals surface area (Å²) in [6.45, 7) is 9.27. The Morgan fingerprint density at radius 2 is 1.75 bits per heavy atom. The Hall–Kier alpha value is -0.780. The van der Waals surface area contributed by atoms with Crippen LogP contribution in [-0.2, 0) is 0 Å². The van der Waals surface area contributed by atoms with Crippen LogP contribution in [-0.4, -0.2) is 0 Å². The van der Waals surface area contributed by atoms with Gasteiger partial charge in [0.25, 0.3) is 0 Å². The molecule has 2 rings (SSSR count). The molecular weight excluding hydrogens is 192 g/mol. The molecule has 88 valence electrons. The molecule has 0 amide bonds. The molecule has 0 radical (unpaired) electrons. The first kappa shape index (κ1) is 11.7. The summed E-state index contributed by atoms with van der Waals surface area (Å²) in [6, 6.07) is 6.96. The van der Waals surface area contributed by atoms with Gasteiger partial charge in [-0.05, 0) is 62.0 Å². The predicted molar refractivity (Wildman–Crippen MR) is 70.8 cm³/mol. The van der Waals surface area contributed by atoms with E-state index in [1.54, 1.807) is 5.56 Å². The summed E-state index contributed by atoms with van der Waals surface area (Å²) in [5.74, 6) is 2.62. The van der Waals surface area contributed by atoms with E-state index in [9.17, 15) is 0 Å². The van der Waals surface area contributed by atoms with Crippen LogP contribution in [0.5, 0.6) is 0 Å². The lowest BCUT2D eigenvalue weighted by molar-refractivity contribution is 0.250. The molecule has 1 aliphatic carbocycles. The van der Waals surface area contributed by atoms with Gasteiger partial charge in [0, 0.05) is 0 Å². The average molecular weight is 216 g/mol. The van der Waals surface area contributed by atoms with Crippen molar-refractivity contribution in [3.8, 4) is 0 Å². The molecule has 0 nitrogen and oxygen atoms in total. The molecule has 0 aliphatic heterocycles. The van der Waals surface area contributed by atoms with Crippen molar-refractivity contribution >= 4 is 0 Å². The number of rotatable bonds is 1. The fraction of sp³-hybridized carbons (Fsp3) is 0.625. The van der Waals surface area contributed by atoms with Crippen molar-refractivity contribution in [1.29, 1.82) is 0 Å². The minimum atomic E-state index is 0.812. The maximum absolute atomic E-state index is 2.42. The normalized spacial score (nSPS) is 30.4. The highest BCUT2D eigenvalue weighted by atomic mass is 14.3. The molecule has 0 heterocycles. The highest BCUT2D eigenvalue weighted by Gasteiger charge is 2.26. The summed E-state index contributed by atoms with van der Waals surface area (Å²) in [6.07, 6.45) is 4.17. The van der Waals surface area contributed by atoms with Gasteiger partial charge in [0.15, 0.2) is 0 Å². The van der Waals surface area contributed by atoms with Gasteiger partial charge >= 0.3 is 0 Å². The van der Waals surface area contributed by atoms with Gasteiger partial charge in [0.05, 0.1) is 0 Å². The van der Waals surface area contributed by atoms with Crippen LogP contribution in [0.4, 0.5) is 0 Å². The van der Waals surface area contributed by atoms with E-state index in [4.69, 9.17) is 0 Å². The molecular formula is C16H24. The van der Waals surface area contributed by atoms with Crippen molar-refractivity contribution in [2.45, 2.75) is 52.9 Å². The van der Waals surface area contributed by atoms with E-state index in [0.29, 0.717) is 0 Å². The fourth-order valence-corrected chi connectivity index (χ4v) is 3.11. The Bertz CT molecular complexity index is 364. The highest BCUT2D eigenvalue weighted by molar-refractivity contribution is 5.33. The monoisotopic (exact) mass is 216 g/mol. The molecule has 1 aliphatic rings. The first-order valence-corrected chi connectivity index (χ1v) is 6.65. The maximum Gasteiger partial charge on any atom is -0.0157 e. The zero-order chi connectivity index (χ0) is 11.7. The van der Waals surface area contributed by atoms with Crippen LogP contribution in [0.25, 0.3) is 0 Å². The summed E-state index contributed by atoms with van der Waals surface area (Å²) in [5, 5.41) is 0. The van der Waals surface area contributed by atoms with Gasteiger partial charge < -0.3 is 0 Å². The van der Waals surface area contributed by atoms with E-state index in [0.717, 1.165) is 17.8 Å². The topological polar surface area (TPSA) is 0 Å². The minimum Gasteiger partial charge on any atom is -0.0623 e. The molecule has 1 saturated carbocycles. The van der Waals surface area contributed by atoms with Gasteiger partial charge in [-0.1, -0.05) is 37.6 Å². The Balaban J connectivity index is 2.18. The smallest absolute Gasteiger partial charge is 0.0157 e. The van der Waals surface area contributed by atoms with Crippen LogP contribution in [0.1, 0.15) is 55.7 Å². The molecule has 1 fully saturated rings. The van der Waals surface area contributed by atoms with Crippen LogP contribution in [0.3, 0.4) is 0 Å². The van der Waals surface area contributed by atoms with E-state index in [1.165, 1.54) is 30.4 Å².